The van der Waals surface area contributed by atoms with Gasteiger partial charge < -0.3 is 4.74 Å². The zero-order valence-corrected chi connectivity index (χ0v) is 8.87. The summed E-state index contributed by atoms with van der Waals surface area (Å²) in [5.74, 6) is 0.0417. The van der Waals surface area contributed by atoms with Gasteiger partial charge in [-0.15, -0.1) is 0 Å². The molecule has 0 heterocycles. The standard InChI is InChI=1S/C9H8Cl2F2O/c1-2-6-7(11)3-5(10)4-8(6)14-9(12)13/h3-4,9H,2H2,1H3. The van der Waals surface area contributed by atoms with Gasteiger partial charge in [0.2, 0.25) is 0 Å². The Kier molecular flexibility index (Phi) is 3.96. The summed E-state index contributed by atoms with van der Waals surface area (Å²) in [7, 11) is 0. The van der Waals surface area contributed by atoms with Gasteiger partial charge in [-0.1, -0.05) is 30.1 Å². The first-order valence-electron chi connectivity index (χ1n) is 3.97. The second kappa shape index (κ2) is 4.80. The molecule has 78 valence electrons. The topological polar surface area (TPSA) is 9.23 Å². The van der Waals surface area contributed by atoms with Crippen molar-refractivity contribution >= 4 is 23.2 Å². The number of hydrogen-bond donors (Lipinski definition) is 0. The molecule has 1 nitrogen and oxygen atoms in total. The molecule has 0 bridgehead atoms. The molecule has 0 aliphatic carbocycles. The fraction of sp³-hybridized carbons (Fsp3) is 0.333. The van der Waals surface area contributed by atoms with E-state index in [9.17, 15) is 8.78 Å². The number of ether oxygens (including phenoxy) is 1. The van der Waals surface area contributed by atoms with Gasteiger partial charge in [0.05, 0.1) is 0 Å². The van der Waals surface area contributed by atoms with E-state index in [-0.39, 0.29) is 10.8 Å². The molecule has 0 N–H and O–H groups in total. The highest BCUT2D eigenvalue weighted by Crippen LogP contribution is 2.32. The minimum atomic E-state index is -2.87. The van der Waals surface area contributed by atoms with Gasteiger partial charge in [-0.2, -0.15) is 8.78 Å². The third kappa shape index (κ3) is 2.72. The quantitative estimate of drug-likeness (QED) is 0.772. The molecule has 0 radical (unpaired) electrons. The highest BCUT2D eigenvalue weighted by molar-refractivity contribution is 6.35. The van der Waals surface area contributed by atoms with E-state index < -0.39 is 6.61 Å². The van der Waals surface area contributed by atoms with Crippen molar-refractivity contribution in [2.75, 3.05) is 0 Å². The SMILES string of the molecule is CCc1c(Cl)cc(Cl)cc1OC(F)F. The first-order valence-corrected chi connectivity index (χ1v) is 4.73. The van der Waals surface area contributed by atoms with Crippen molar-refractivity contribution in [3.63, 3.8) is 0 Å². The lowest BCUT2D eigenvalue weighted by Crippen LogP contribution is -2.04. The molecule has 0 unspecified atom stereocenters. The second-order valence-electron chi connectivity index (χ2n) is 2.60. The molecule has 5 heteroatoms. The average Bonchev–Trinajstić information content (AvgIpc) is 2.01. The fourth-order valence-electron chi connectivity index (χ4n) is 1.12. The van der Waals surface area contributed by atoms with E-state index in [2.05, 4.69) is 4.74 Å². The van der Waals surface area contributed by atoms with Crippen LogP contribution in [0.2, 0.25) is 10.0 Å². The molecule has 0 aliphatic rings. The number of alkyl halides is 2. The van der Waals surface area contributed by atoms with E-state index in [0.29, 0.717) is 17.0 Å². The first kappa shape index (κ1) is 11.5. The van der Waals surface area contributed by atoms with Gasteiger partial charge in [-0.3, -0.25) is 0 Å². The number of hydrogen-bond acceptors (Lipinski definition) is 1. The molecule has 0 amide bonds. The molecule has 0 spiro atoms. The summed E-state index contributed by atoms with van der Waals surface area (Å²) in [6, 6.07) is 2.83. The molecule has 1 rings (SSSR count). The van der Waals surface area contributed by atoms with Gasteiger partial charge in [0.1, 0.15) is 5.75 Å². The maximum absolute atomic E-state index is 12.0. The van der Waals surface area contributed by atoms with Gasteiger partial charge in [-0.05, 0) is 18.6 Å². The van der Waals surface area contributed by atoms with Crippen LogP contribution in [0.3, 0.4) is 0 Å². The van der Waals surface area contributed by atoms with Crippen molar-refractivity contribution in [1.29, 1.82) is 0 Å². The number of rotatable bonds is 3. The van der Waals surface area contributed by atoms with Crippen LogP contribution in [0.25, 0.3) is 0 Å². The molecule has 0 saturated carbocycles. The minimum absolute atomic E-state index is 0.0417. The molecule has 0 fully saturated rings. The Morgan fingerprint density at radius 1 is 1.36 bits per heavy atom. The lowest BCUT2D eigenvalue weighted by molar-refractivity contribution is -0.0503. The van der Waals surface area contributed by atoms with Crippen LogP contribution in [0, 0.1) is 0 Å². The third-order valence-corrected chi connectivity index (χ3v) is 2.24. The minimum Gasteiger partial charge on any atom is -0.434 e. The average molecular weight is 241 g/mol. The fourth-order valence-corrected chi connectivity index (χ4v) is 1.73. The van der Waals surface area contributed by atoms with Crippen LogP contribution in [0.4, 0.5) is 8.78 Å². The molecule has 0 atom stereocenters. The highest BCUT2D eigenvalue weighted by Gasteiger charge is 2.12. The van der Waals surface area contributed by atoms with Crippen LogP contribution in [0.1, 0.15) is 12.5 Å². The summed E-state index contributed by atoms with van der Waals surface area (Å²) < 4.78 is 28.3. The molecule has 0 aliphatic heterocycles. The Morgan fingerprint density at radius 3 is 2.50 bits per heavy atom. The Hall–Kier alpha value is -0.540. The molecular formula is C9H8Cl2F2O. The Labute approximate surface area is 90.6 Å². The lowest BCUT2D eigenvalue weighted by atomic mass is 10.1. The zero-order valence-electron chi connectivity index (χ0n) is 7.36. The van der Waals surface area contributed by atoms with Crippen molar-refractivity contribution in [3.8, 4) is 5.75 Å². The summed E-state index contributed by atoms with van der Waals surface area (Å²) in [6.45, 7) is -1.07. The Morgan fingerprint density at radius 2 is 2.00 bits per heavy atom. The summed E-state index contributed by atoms with van der Waals surface area (Å²) in [4.78, 5) is 0. The molecule has 0 saturated heterocycles. The van der Waals surface area contributed by atoms with Crippen molar-refractivity contribution in [3.05, 3.63) is 27.7 Å². The molecular weight excluding hydrogens is 233 g/mol. The smallest absolute Gasteiger partial charge is 0.387 e. The van der Waals surface area contributed by atoms with Crippen LogP contribution >= 0.6 is 23.2 Å². The molecule has 14 heavy (non-hydrogen) atoms. The molecule has 1 aromatic carbocycles. The maximum Gasteiger partial charge on any atom is 0.387 e. The second-order valence-corrected chi connectivity index (χ2v) is 3.44. The van der Waals surface area contributed by atoms with E-state index >= 15 is 0 Å². The van der Waals surface area contributed by atoms with Crippen molar-refractivity contribution in [2.24, 2.45) is 0 Å². The summed E-state index contributed by atoms with van der Waals surface area (Å²) in [5, 5.41) is 0.624. The zero-order chi connectivity index (χ0) is 10.7. The van der Waals surface area contributed by atoms with E-state index in [1.54, 1.807) is 6.92 Å². The maximum atomic E-state index is 12.0. The lowest BCUT2D eigenvalue weighted by Gasteiger charge is -2.11. The van der Waals surface area contributed by atoms with Gasteiger partial charge in [0.25, 0.3) is 0 Å². The summed E-state index contributed by atoms with van der Waals surface area (Å²) in [5.41, 5.74) is 0.538. The van der Waals surface area contributed by atoms with E-state index in [1.165, 1.54) is 12.1 Å². The largest absolute Gasteiger partial charge is 0.434 e. The van der Waals surface area contributed by atoms with E-state index in [4.69, 9.17) is 23.2 Å². The normalized spacial score (nSPS) is 10.7. The predicted molar refractivity (Wildman–Crippen MR) is 52.5 cm³/mol. The van der Waals surface area contributed by atoms with Crippen LogP contribution < -0.4 is 4.74 Å². The predicted octanol–water partition coefficient (Wildman–Crippen LogP) is 4.16. The summed E-state index contributed by atoms with van der Waals surface area (Å²) in [6.07, 6.45) is 0.512. The summed E-state index contributed by atoms with van der Waals surface area (Å²) >= 11 is 11.5. The van der Waals surface area contributed by atoms with Crippen LogP contribution in [-0.4, -0.2) is 6.61 Å². The molecule has 0 aromatic heterocycles. The van der Waals surface area contributed by atoms with Crippen LogP contribution in [-0.2, 0) is 6.42 Å². The van der Waals surface area contributed by atoms with Gasteiger partial charge in [0, 0.05) is 15.6 Å². The monoisotopic (exact) mass is 240 g/mol. The third-order valence-electron chi connectivity index (χ3n) is 1.69. The van der Waals surface area contributed by atoms with E-state index in [0.717, 1.165) is 0 Å². The van der Waals surface area contributed by atoms with Crippen LogP contribution in [0.5, 0.6) is 5.75 Å². The Bertz CT molecular complexity index is 329. The number of benzene rings is 1. The molecule has 1 aromatic rings. The van der Waals surface area contributed by atoms with Gasteiger partial charge in [0.15, 0.2) is 0 Å². The van der Waals surface area contributed by atoms with Crippen molar-refractivity contribution < 1.29 is 13.5 Å². The highest BCUT2D eigenvalue weighted by atomic mass is 35.5. The van der Waals surface area contributed by atoms with Crippen LogP contribution in [0.15, 0.2) is 12.1 Å². The van der Waals surface area contributed by atoms with E-state index in [1.807, 2.05) is 0 Å². The van der Waals surface area contributed by atoms with Crippen molar-refractivity contribution in [2.45, 2.75) is 20.0 Å². The van der Waals surface area contributed by atoms with Gasteiger partial charge >= 0.3 is 6.61 Å². The number of halogens is 4. The first-order chi connectivity index (χ1) is 6.54. The van der Waals surface area contributed by atoms with Gasteiger partial charge in [-0.25, -0.2) is 0 Å². The van der Waals surface area contributed by atoms with Crippen molar-refractivity contribution in [1.82, 2.24) is 0 Å². The Balaban J connectivity index is 3.11.